The molecule has 39 heavy (non-hydrogen) atoms. The van der Waals surface area contributed by atoms with Crippen LogP contribution in [0.2, 0.25) is 51.4 Å². The van der Waals surface area contributed by atoms with Gasteiger partial charge in [-0.2, -0.15) is 20.8 Å². The molecule has 222 valence electrons. The zero-order chi connectivity index (χ0) is 30.4. The molecule has 0 saturated heterocycles. The number of azo groups is 1. The van der Waals surface area contributed by atoms with Gasteiger partial charge in [-0.1, -0.05) is 0 Å². The maximum Gasteiger partial charge on any atom is 0.311 e. The van der Waals surface area contributed by atoms with Crippen LogP contribution < -0.4 is 10.6 Å². The van der Waals surface area contributed by atoms with Gasteiger partial charge in [0, 0.05) is 19.4 Å². The molecule has 1 amide bonds. The molecule has 0 aliphatic heterocycles. The molecule has 0 aliphatic rings. The van der Waals surface area contributed by atoms with Gasteiger partial charge in [0.05, 0.1) is 12.1 Å². The molecule has 0 heterocycles. The highest BCUT2D eigenvalue weighted by Crippen LogP contribution is 2.26. The highest BCUT2D eigenvalue weighted by molar-refractivity contribution is 6.87. The third-order valence-corrected chi connectivity index (χ3v) is 17.6. The number of amides is 1. The summed E-state index contributed by atoms with van der Waals surface area (Å²) in [4.78, 5) is 23.2. The molecule has 11 nitrogen and oxygen atoms in total. The number of hydrogen-bond donors (Lipinski definition) is 3. The first kappa shape index (κ1) is 37.1. The van der Waals surface area contributed by atoms with Gasteiger partial charge in [-0.05, 0) is 104 Å². The second kappa shape index (κ2) is 16.3. The summed E-state index contributed by atoms with van der Waals surface area (Å²) in [7, 11) is -4.10. The van der Waals surface area contributed by atoms with Gasteiger partial charge < -0.3 is 24.0 Å². The van der Waals surface area contributed by atoms with Crippen molar-refractivity contribution in [3.05, 3.63) is 0 Å². The van der Waals surface area contributed by atoms with Crippen LogP contribution in [-0.4, -0.2) is 73.4 Å². The van der Waals surface area contributed by atoms with Gasteiger partial charge in [0.25, 0.3) is 0 Å². The van der Waals surface area contributed by atoms with Crippen LogP contribution in [0.5, 0.6) is 0 Å². The average Bonchev–Trinajstić information content (AvgIpc) is 2.81. The van der Waals surface area contributed by atoms with Gasteiger partial charge in [-0.25, -0.2) is 0 Å². The smallest absolute Gasteiger partial charge is 0.311 e. The Balaban J connectivity index is 4.69. The third-order valence-electron chi connectivity index (χ3n) is 6.17. The molecule has 0 aromatic carbocycles. The first-order chi connectivity index (χ1) is 17.8. The number of nitrogens with zero attached hydrogens (tertiary/aromatic N) is 4. The van der Waals surface area contributed by atoms with Crippen LogP contribution in [0.25, 0.3) is 0 Å². The topological polar surface area (TPSA) is 169 Å². The lowest BCUT2D eigenvalue weighted by Crippen LogP contribution is -2.52. The summed E-state index contributed by atoms with van der Waals surface area (Å²) in [6.07, 6.45) is 1.85. The fourth-order valence-corrected chi connectivity index (χ4v) is 18.2. The Morgan fingerprint density at radius 1 is 0.846 bits per heavy atom. The molecule has 0 bridgehead atoms. The average molecular weight is 599 g/mol. The Morgan fingerprint density at radius 2 is 1.28 bits per heavy atom. The van der Waals surface area contributed by atoms with Gasteiger partial charge in [0.1, 0.15) is 0 Å². The first-order valence-corrected chi connectivity index (χ1v) is 22.7. The predicted octanol–water partition coefficient (Wildman–Crippen LogP) is 4.91. The molecule has 0 radical (unpaired) electrons. The molecule has 0 aliphatic carbocycles. The van der Waals surface area contributed by atoms with Crippen molar-refractivity contribution < 1.29 is 22.9 Å². The van der Waals surface area contributed by atoms with E-state index in [0.717, 1.165) is 31.5 Å². The monoisotopic (exact) mass is 598 g/mol. The Morgan fingerprint density at radius 3 is 1.69 bits per heavy atom. The molecular formula is C25H50N6O5Si3. The van der Waals surface area contributed by atoms with Crippen molar-refractivity contribution >= 4 is 37.1 Å². The number of hydrogen-bond acceptors (Lipinski definition) is 9. The van der Waals surface area contributed by atoms with E-state index in [1.165, 1.54) is 6.92 Å². The summed E-state index contributed by atoms with van der Waals surface area (Å²) >= 11 is 0. The van der Waals surface area contributed by atoms with E-state index in [2.05, 4.69) is 60.1 Å². The summed E-state index contributed by atoms with van der Waals surface area (Å²) in [6, 6.07) is 5.99. The van der Waals surface area contributed by atoms with Crippen molar-refractivity contribution in [3.8, 4) is 12.1 Å². The highest BCUT2D eigenvalue weighted by Gasteiger charge is 2.39. The SMILES string of the molecule is CNCCC[Si](C)(C)O[Si](C)(C)O[Si](C)(C)CCCNC(=O)CCC(C)(C#N)N=NC(C)(C#N)CCC(=O)O. The Bertz CT molecular complexity index is 919. The molecule has 0 saturated carbocycles. The normalized spacial score (nSPS) is 15.7. The Labute approximate surface area is 238 Å². The Hall–Kier alpha value is -1.95. The molecule has 14 heteroatoms. The van der Waals surface area contributed by atoms with E-state index >= 15 is 0 Å². The van der Waals surface area contributed by atoms with Crippen LogP contribution in [-0.2, 0) is 17.8 Å². The lowest BCUT2D eigenvalue weighted by Gasteiger charge is -2.38. The quantitative estimate of drug-likeness (QED) is 0.101. The van der Waals surface area contributed by atoms with Crippen LogP contribution in [0.3, 0.4) is 0 Å². The lowest BCUT2D eigenvalue weighted by atomic mass is 9.97. The number of carbonyl (C=O) groups excluding carboxylic acids is 1. The van der Waals surface area contributed by atoms with Crippen LogP contribution in [0.1, 0.15) is 52.4 Å². The maximum atomic E-state index is 12.4. The van der Waals surface area contributed by atoms with Crippen molar-refractivity contribution in [2.75, 3.05) is 20.1 Å². The van der Waals surface area contributed by atoms with E-state index in [-0.39, 0.29) is 31.6 Å². The molecule has 0 aromatic rings. The van der Waals surface area contributed by atoms with Crippen LogP contribution in [0.4, 0.5) is 0 Å². The zero-order valence-electron chi connectivity index (χ0n) is 25.4. The van der Waals surface area contributed by atoms with E-state index in [4.69, 9.17) is 13.3 Å². The van der Waals surface area contributed by atoms with Gasteiger partial charge in [0.2, 0.25) is 5.91 Å². The molecule has 0 aromatic heterocycles. The summed E-state index contributed by atoms with van der Waals surface area (Å²) in [5.41, 5.74) is -2.63. The number of nitrogens with one attached hydrogen (secondary N) is 2. The minimum absolute atomic E-state index is 0.0180. The van der Waals surface area contributed by atoms with Crippen molar-refractivity contribution in [2.24, 2.45) is 10.2 Å². The van der Waals surface area contributed by atoms with Gasteiger partial charge in [-0.3, -0.25) is 9.59 Å². The molecular weight excluding hydrogens is 549 g/mol. The Kier molecular flexibility index (Phi) is 15.5. The van der Waals surface area contributed by atoms with Crippen LogP contribution >= 0.6 is 0 Å². The summed E-state index contributed by atoms with van der Waals surface area (Å²) in [6.45, 7) is 17.7. The second-order valence-electron chi connectivity index (χ2n) is 12.1. The summed E-state index contributed by atoms with van der Waals surface area (Å²) < 4.78 is 13.2. The van der Waals surface area contributed by atoms with Crippen LogP contribution in [0.15, 0.2) is 10.2 Å². The van der Waals surface area contributed by atoms with E-state index in [9.17, 15) is 20.1 Å². The number of carboxylic acids is 1. The molecule has 0 spiro atoms. The van der Waals surface area contributed by atoms with Crippen molar-refractivity contribution in [1.82, 2.24) is 10.6 Å². The summed E-state index contributed by atoms with van der Waals surface area (Å²) in [5.74, 6) is -1.22. The molecule has 2 atom stereocenters. The van der Waals surface area contributed by atoms with E-state index in [1.54, 1.807) is 6.92 Å². The third kappa shape index (κ3) is 17.4. The number of rotatable bonds is 20. The number of carboxylic acid groups (broad SMARTS) is 1. The first-order valence-electron chi connectivity index (χ1n) is 13.6. The summed E-state index contributed by atoms with van der Waals surface area (Å²) in [5, 5.41) is 41.9. The number of aliphatic carboxylic acids is 1. The molecule has 0 fully saturated rings. The molecule has 2 unspecified atom stereocenters. The second-order valence-corrected chi connectivity index (χ2v) is 24.6. The molecule has 0 rings (SSSR count). The number of nitriles is 2. The van der Waals surface area contributed by atoms with Crippen molar-refractivity contribution in [2.45, 2.75) is 115 Å². The van der Waals surface area contributed by atoms with Gasteiger partial charge >= 0.3 is 14.5 Å². The van der Waals surface area contributed by atoms with Crippen LogP contribution in [0, 0.1) is 22.7 Å². The standard InChI is InChI=1S/C25H50N6O5Si3/c1-24(20-26,30-31-25(2,21-27)15-13-23(33)34)14-12-22(32)29-17-11-19-38(6,7)36-39(8,9)35-37(4,5)18-10-16-28-3/h28H,10-19H2,1-9H3,(H,29,32)(H,33,34). The van der Waals surface area contributed by atoms with Gasteiger partial charge in [-0.15, -0.1) is 0 Å². The highest BCUT2D eigenvalue weighted by atomic mass is 28.5. The van der Waals surface area contributed by atoms with E-state index in [0.29, 0.717) is 6.54 Å². The van der Waals surface area contributed by atoms with Crippen molar-refractivity contribution in [1.29, 1.82) is 10.5 Å². The minimum Gasteiger partial charge on any atom is -0.481 e. The minimum atomic E-state index is -2.27. The van der Waals surface area contributed by atoms with Crippen molar-refractivity contribution in [3.63, 3.8) is 0 Å². The lowest BCUT2D eigenvalue weighted by molar-refractivity contribution is -0.137. The fraction of sp³-hybridized carbons (Fsp3) is 0.840. The maximum absolute atomic E-state index is 12.4. The zero-order valence-corrected chi connectivity index (χ0v) is 28.4. The van der Waals surface area contributed by atoms with E-state index in [1.807, 2.05) is 19.2 Å². The number of carbonyl (C=O) groups is 2. The van der Waals surface area contributed by atoms with E-state index < -0.39 is 42.2 Å². The predicted molar refractivity (Wildman–Crippen MR) is 159 cm³/mol. The fourth-order valence-electron chi connectivity index (χ4n) is 4.16. The molecule has 3 N–H and O–H groups in total. The van der Waals surface area contributed by atoms with Gasteiger partial charge in [0.15, 0.2) is 27.7 Å². The largest absolute Gasteiger partial charge is 0.481 e.